The summed E-state index contributed by atoms with van der Waals surface area (Å²) in [7, 11) is 0. The van der Waals surface area contributed by atoms with Crippen LogP contribution in [0.4, 0.5) is 0 Å². The summed E-state index contributed by atoms with van der Waals surface area (Å²) < 4.78 is 0. The molecule has 4 heteroatoms. The number of carbonyl (C=O) groups excluding carboxylic acids is 1. The van der Waals surface area contributed by atoms with Gasteiger partial charge in [-0.15, -0.1) is 0 Å². The lowest BCUT2D eigenvalue weighted by molar-refractivity contribution is -0.291. The van der Waals surface area contributed by atoms with Gasteiger partial charge >= 0.3 is 0 Å². The molecule has 0 bridgehead atoms. The molecule has 0 unspecified atom stereocenters. The highest BCUT2D eigenvalue weighted by Gasteiger charge is 2.51. The van der Waals surface area contributed by atoms with Crippen LogP contribution in [0.5, 0.6) is 0 Å². The monoisotopic (exact) mass is 326 g/mol. The van der Waals surface area contributed by atoms with E-state index in [1.54, 1.807) is 6.92 Å². The van der Waals surface area contributed by atoms with Crippen LogP contribution in [0.3, 0.4) is 0 Å². The topological polar surface area (TPSA) is 41.6 Å². The molecule has 1 aliphatic heterocycles. The van der Waals surface area contributed by atoms with E-state index in [0.717, 1.165) is 38.7 Å². The Labute approximate surface area is 143 Å². The average molecular weight is 327 g/mol. The van der Waals surface area contributed by atoms with Gasteiger partial charge in [-0.25, -0.2) is 0 Å². The van der Waals surface area contributed by atoms with E-state index < -0.39 is 0 Å². The second-order valence-corrected chi connectivity index (χ2v) is 8.40. The molecule has 0 aliphatic carbocycles. The van der Waals surface area contributed by atoms with Gasteiger partial charge in [0.25, 0.3) is 0 Å². The van der Waals surface area contributed by atoms with Crippen molar-refractivity contribution in [3.8, 4) is 0 Å². The maximum absolute atomic E-state index is 11.8. The van der Waals surface area contributed by atoms with E-state index in [4.69, 9.17) is 4.84 Å². The van der Waals surface area contributed by atoms with Gasteiger partial charge in [-0.3, -0.25) is 9.63 Å². The van der Waals surface area contributed by atoms with Crippen molar-refractivity contribution in [2.75, 3.05) is 6.61 Å². The smallest absolute Gasteiger partial charge is 0.217 e. The zero-order valence-corrected chi connectivity index (χ0v) is 16.6. The number of hydroxylamine groups is 2. The molecule has 0 radical (unpaired) electrons. The number of nitrogens with one attached hydrogen (secondary N) is 1. The van der Waals surface area contributed by atoms with Crippen LogP contribution in [-0.2, 0) is 9.63 Å². The number of hydrogen-bond donors (Lipinski definition) is 1. The Kier molecular flexibility index (Phi) is 6.68. The molecule has 0 aromatic heterocycles. The molecule has 136 valence electrons. The molecule has 0 saturated carbocycles. The van der Waals surface area contributed by atoms with Crippen molar-refractivity contribution in [3.05, 3.63) is 0 Å². The molecule has 23 heavy (non-hydrogen) atoms. The first-order valence-electron chi connectivity index (χ1n) is 9.26. The molecule has 1 amide bonds. The summed E-state index contributed by atoms with van der Waals surface area (Å²) in [5, 5.41) is 5.51. The number of rotatable bonds is 7. The molecule has 0 aromatic rings. The Morgan fingerprint density at radius 2 is 1.61 bits per heavy atom. The standard InChI is InChI=1S/C19H38N2O2/c1-9-12-23-21-17(5,6)13-16(14-18(21,7)8)19(10-2,11-3)20-15(4)22/h16H,9-14H2,1-8H3,(H,20,22). The number of amides is 1. The Bertz CT molecular complexity index is 382. The fourth-order valence-electron chi connectivity index (χ4n) is 4.64. The molecule has 0 aromatic carbocycles. The van der Waals surface area contributed by atoms with Crippen molar-refractivity contribution < 1.29 is 9.63 Å². The van der Waals surface area contributed by atoms with E-state index in [9.17, 15) is 4.79 Å². The second kappa shape index (κ2) is 7.52. The lowest BCUT2D eigenvalue weighted by atomic mass is 9.65. The third-order valence-corrected chi connectivity index (χ3v) is 5.48. The van der Waals surface area contributed by atoms with Gasteiger partial charge in [0.1, 0.15) is 0 Å². The average Bonchev–Trinajstić information content (AvgIpc) is 2.42. The molecule has 1 N–H and O–H groups in total. The minimum Gasteiger partial charge on any atom is -0.351 e. The highest BCUT2D eigenvalue weighted by molar-refractivity contribution is 5.73. The molecule has 0 atom stereocenters. The maximum Gasteiger partial charge on any atom is 0.217 e. The summed E-state index contributed by atoms with van der Waals surface area (Å²) in [5.41, 5.74) is -0.206. The fraction of sp³-hybridized carbons (Fsp3) is 0.947. The molecule has 1 aliphatic rings. The van der Waals surface area contributed by atoms with Crippen LogP contribution in [0, 0.1) is 5.92 Å². The Hall–Kier alpha value is -0.610. The van der Waals surface area contributed by atoms with Crippen molar-refractivity contribution in [2.24, 2.45) is 5.92 Å². The van der Waals surface area contributed by atoms with Crippen LogP contribution < -0.4 is 5.32 Å². The maximum atomic E-state index is 11.8. The van der Waals surface area contributed by atoms with Gasteiger partial charge in [-0.05, 0) is 65.7 Å². The Morgan fingerprint density at radius 3 is 1.96 bits per heavy atom. The van der Waals surface area contributed by atoms with E-state index in [2.05, 4.69) is 58.8 Å². The fourth-order valence-corrected chi connectivity index (χ4v) is 4.64. The minimum atomic E-state index is -0.114. The minimum absolute atomic E-state index is 0.0460. The Balaban J connectivity index is 3.11. The first-order chi connectivity index (χ1) is 10.5. The van der Waals surface area contributed by atoms with Gasteiger partial charge in [0, 0.05) is 23.5 Å². The molecule has 1 heterocycles. The van der Waals surface area contributed by atoms with Gasteiger partial charge < -0.3 is 5.32 Å². The van der Waals surface area contributed by atoms with Crippen molar-refractivity contribution in [3.63, 3.8) is 0 Å². The summed E-state index contributed by atoms with van der Waals surface area (Å²) in [6.45, 7) is 18.0. The summed E-state index contributed by atoms with van der Waals surface area (Å²) in [4.78, 5) is 17.9. The quantitative estimate of drug-likeness (QED) is 0.758. The van der Waals surface area contributed by atoms with Gasteiger partial charge in [0.2, 0.25) is 5.91 Å². The second-order valence-electron chi connectivity index (χ2n) is 8.40. The number of hydrogen-bond acceptors (Lipinski definition) is 3. The molecule has 1 fully saturated rings. The van der Waals surface area contributed by atoms with Gasteiger partial charge in [0.05, 0.1) is 6.61 Å². The molecule has 0 spiro atoms. The van der Waals surface area contributed by atoms with Crippen LogP contribution in [0.25, 0.3) is 0 Å². The number of carbonyl (C=O) groups is 1. The van der Waals surface area contributed by atoms with Crippen LogP contribution in [0.15, 0.2) is 0 Å². The van der Waals surface area contributed by atoms with Crippen LogP contribution in [0.1, 0.15) is 87.5 Å². The molecule has 4 nitrogen and oxygen atoms in total. The SMILES string of the molecule is CCCON1C(C)(C)CC(C(CC)(CC)NC(C)=O)CC1(C)C. The van der Waals surface area contributed by atoms with Gasteiger partial charge in [0.15, 0.2) is 0 Å². The van der Waals surface area contributed by atoms with E-state index >= 15 is 0 Å². The van der Waals surface area contributed by atoms with Crippen molar-refractivity contribution in [1.82, 2.24) is 10.4 Å². The van der Waals surface area contributed by atoms with E-state index in [1.165, 1.54) is 0 Å². The first kappa shape index (κ1) is 20.4. The lowest BCUT2D eigenvalue weighted by Crippen LogP contribution is -2.65. The predicted molar refractivity (Wildman–Crippen MR) is 96.1 cm³/mol. The highest BCUT2D eigenvalue weighted by Crippen LogP contribution is 2.47. The predicted octanol–water partition coefficient (Wildman–Crippen LogP) is 4.29. The van der Waals surface area contributed by atoms with Crippen molar-refractivity contribution >= 4 is 5.91 Å². The zero-order valence-electron chi connectivity index (χ0n) is 16.6. The zero-order chi connectivity index (χ0) is 17.9. The van der Waals surface area contributed by atoms with E-state index in [0.29, 0.717) is 5.92 Å². The summed E-state index contributed by atoms with van der Waals surface area (Å²) in [6.07, 6.45) is 5.02. The molecular formula is C19H38N2O2. The molecule has 1 saturated heterocycles. The Morgan fingerprint density at radius 1 is 1.13 bits per heavy atom. The third kappa shape index (κ3) is 4.48. The lowest BCUT2D eigenvalue weighted by Gasteiger charge is -2.57. The number of piperidine rings is 1. The summed E-state index contributed by atoms with van der Waals surface area (Å²) in [6, 6.07) is 0. The number of nitrogens with zero attached hydrogens (tertiary/aromatic N) is 1. The summed E-state index contributed by atoms with van der Waals surface area (Å²) in [5.74, 6) is 0.529. The first-order valence-corrected chi connectivity index (χ1v) is 9.26. The van der Waals surface area contributed by atoms with Gasteiger partial charge in [-0.2, -0.15) is 5.06 Å². The third-order valence-electron chi connectivity index (χ3n) is 5.48. The normalized spacial score (nSPS) is 22.1. The van der Waals surface area contributed by atoms with Crippen molar-refractivity contribution in [2.45, 2.75) is 104 Å². The van der Waals surface area contributed by atoms with Crippen molar-refractivity contribution in [1.29, 1.82) is 0 Å². The van der Waals surface area contributed by atoms with E-state index in [-0.39, 0.29) is 22.5 Å². The van der Waals surface area contributed by atoms with Crippen LogP contribution in [-0.4, -0.2) is 34.2 Å². The van der Waals surface area contributed by atoms with Crippen LogP contribution >= 0.6 is 0 Å². The van der Waals surface area contributed by atoms with Gasteiger partial charge in [-0.1, -0.05) is 20.8 Å². The molecular weight excluding hydrogens is 288 g/mol. The largest absolute Gasteiger partial charge is 0.351 e. The molecule has 1 rings (SSSR count). The highest BCUT2D eigenvalue weighted by atomic mass is 16.7. The summed E-state index contributed by atoms with van der Waals surface area (Å²) >= 11 is 0. The van der Waals surface area contributed by atoms with E-state index in [1.807, 2.05) is 0 Å². The van der Waals surface area contributed by atoms with Crippen LogP contribution in [0.2, 0.25) is 0 Å².